The van der Waals surface area contributed by atoms with E-state index >= 15 is 0 Å². The van der Waals surface area contributed by atoms with E-state index in [0.29, 0.717) is 0 Å². The van der Waals surface area contributed by atoms with Crippen molar-refractivity contribution in [1.82, 2.24) is 29.1 Å². The van der Waals surface area contributed by atoms with E-state index in [0.717, 1.165) is 88.9 Å². The first kappa shape index (κ1) is 27.6. The minimum atomic E-state index is 0.785. The third-order valence-electron chi connectivity index (χ3n) is 9.07. The molecule has 226 valence electrons. The van der Waals surface area contributed by atoms with Crippen LogP contribution in [0.3, 0.4) is 0 Å². The van der Waals surface area contributed by atoms with Crippen molar-refractivity contribution in [3.63, 3.8) is 0 Å². The van der Waals surface area contributed by atoms with E-state index in [2.05, 4.69) is 92.9 Å². The van der Waals surface area contributed by atoms with Crippen molar-refractivity contribution in [2.45, 2.75) is 0 Å². The van der Waals surface area contributed by atoms with Crippen molar-refractivity contribution in [2.75, 3.05) is 0 Å². The highest BCUT2D eigenvalue weighted by atomic mass is 15.1. The summed E-state index contributed by atoms with van der Waals surface area (Å²) in [5.41, 5.74) is 9.72. The van der Waals surface area contributed by atoms with Gasteiger partial charge in [0.2, 0.25) is 0 Å². The lowest BCUT2D eigenvalue weighted by Crippen LogP contribution is -2.03. The molecular formula is C42H28N6. The Bertz CT molecular complexity index is 2510. The fourth-order valence-electron chi connectivity index (χ4n) is 7.07. The number of hydrogen-bond acceptors (Lipinski definition) is 4. The molecule has 0 atom stereocenters. The summed E-state index contributed by atoms with van der Waals surface area (Å²) in [6.07, 6.45) is 11.4. The average Bonchev–Trinajstić information content (AvgIpc) is 3.69. The Kier molecular flexibility index (Phi) is 6.33. The molecule has 3 aromatic carbocycles. The molecule has 6 heteroatoms. The fourth-order valence-corrected chi connectivity index (χ4v) is 7.07. The molecule has 9 aromatic rings. The topological polar surface area (TPSA) is 61.4 Å². The maximum atomic E-state index is 5.25. The number of rotatable bonds is 6. The molecule has 0 radical (unpaired) electrons. The van der Waals surface area contributed by atoms with Crippen molar-refractivity contribution in [2.24, 2.45) is 0 Å². The quantitative estimate of drug-likeness (QED) is 0.187. The Morgan fingerprint density at radius 1 is 0.479 bits per heavy atom. The first-order valence-corrected chi connectivity index (χ1v) is 15.8. The van der Waals surface area contributed by atoms with Crippen LogP contribution in [0.2, 0.25) is 0 Å². The van der Waals surface area contributed by atoms with Crippen molar-refractivity contribution >= 4 is 55.8 Å². The van der Waals surface area contributed by atoms with Gasteiger partial charge in [-0.05, 0) is 47.5 Å². The van der Waals surface area contributed by atoms with Crippen LogP contribution in [-0.2, 0) is 0 Å². The summed E-state index contributed by atoms with van der Waals surface area (Å²) in [5, 5.41) is 4.20. The zero-order valence-corrected chi connectivity index (χ0v) is 26.0. The Morgan fingerprint density at radius 2 is 0.917 bits per heavy atom. The lowest BCUT2D eigenvalue weighted by molar-refractivity contribution is 1.06. The molecule has 0 N–H and O–H groups in total. The Labute approximate surface area is 276 Å². The van der Waals surface area contributed by atoms with Gasteiger partial charge in [-0.15, -0.1) is 0 Å². The highest BCUT2D eigenvalue weighted by Crippen LogP contribution is 2.46. The van der Waals surface area contributed by atoms with Crippen LogP contribution < -0.4 is 0 Å². The molecule has 0 spiro atoms. The normalized spacial score (nSPS) is 11.5. The van der Waals surface area contributed by atoms with Gasteiger partial charge in [-0.25, -0.2) is 9.97 Å². The zero-order chi connectivity index (χ0) is 32.2. The van der Waals surface area contributed by atoms with E-state index in [-0.39, 0.29) is 0 Å². The van der Waals surface area contributed by atoms with Crippen molar-refractivity contribution in [3.05, 3.63) is 158 Å². The highest BCUT2D eigenvalue weighted by Gasteiger charge is 2.27. The molecule has 0 saturated heterocycles. The molecular weight excluding hydrogens is 589 g/mol. The second-order valence-corrected chi connectivity index (χ2v) is 11.6. The summed E-state index contributed by atoms with van der Waals surface area (Å²) in [5.74, 6) is 1.57. The van der Waals surface area contributed by atoms with Gasteiger partial charge in [0.15, 0.2) is 0 Å². The summed E-state index contributed by atoms with van der Waals surface area (Å²) in [6.45, 7) is 8.62. The molecule has 6 nitrogen and oxygen atoms in total. The highest BCUT2D eigenvalue weighted by molar-refractivity contribution is 6.28. The lowest BCUT2D eigenvalue weighted by atomic mass is 9.95. The number of fused-ring (bicyclic) bond motifs is 7. The number of aromatic nitrogens is 6. The molecule has 0 amide bonds. The first-order chi connectivity index (χ1) is 23.8. The van der Waals surface area contributed by atoms with Gasteiger partial charge in [0.1, 0.15) is 11.6 Å². The predicted octanol–water partition coefficient (Wildman–Crippen LogP) is 10.1. The van der Waals surface area contributed by atoms with Gasteiger partial charge in [0, 0.05) is 45.1 Å². The number of hydrogen-bond donors (Lipinski definition) is 0. The molecule has 0 saturated carbocycles. The van der Waals surface area contributed by atoms with Gasteiger partial charge in [-0.3, -0.25) is 19.1 Å². The third kappa shape index (κ3) is 4.06. The van der Waals surface area contributed by atoms with Crippen LogP contribution in [0, 0.1) is 0 Å². The van der Waals surface area contributed by atoms with Crippen LogP contribution in [0.4, 0.5) is 0 Å². The summed E-state index contributed by atoms with van der Waals surface area (Å²) < 4.78 is 4.46. The summed E-state index contributed by atoms with van der Waals surface area (Å²) in [4.78, 5) is 19.7. The molecule has 0 bridgehead atoms. The average molecular weight is 617 g/mol. The second-order valence-electron chi connectivity index (χ2n) is 11.6. The number of nitrogens with zero attached hydrogens (tertiary/aromatic N) is 6. The van der Waals surface area contributed by atoms with E-state index in [4.69, 9.17) is 9.97 Å². The molecule has 48 heavy (non-hydrogen) atoms. The van der Waals surface area contributed by atoms with Crippen molar-refractivity contribution < 1.29 is 0 Å². The maximum absolute atomic E-state index is 5.25. The standard InChI is InChI=1S/C42H28N6/c1-3-29-30(4-2)40-32-22-24-44-26-36(32)48(38-20-12-18-34(46-38)28-15-9-6-10-16-28)42(40)41-39(29)31-21-23-43-25-35(31)47(41)37-19-11-17-33(45-37)27-13-7-5-8-14-27/h3-26H,1-2H2. The molecule has 0 aliphatic rings. The van der Waals surface area contributed by atoms with Crippen LogP contribution in [0.15, 0.2) is 147 Å². The predicted molar refractivity (Wildman–Crippen MR) is 197 cm³/mol. The van der Waals surface area contributed by atoms with Gasteiger partial charge in [0.25, 0.3) is 0 Å². The zero-order valence-electron chi connectivity index (χ0n) is 26.0. The van der Waals surface area contributed by atoms with Crippen LogP contribution in [0.1, 0.15) is 11.1 Å². The SMILES string of the molecule is C=Cc1c(C=C)c2c3ccncc3n(-c3cccc(-c4ccccc4)n3)c2c2c1c1ccncc1n2-c1cccc(-c2ccccc2)n1. The minimum absolute atomic E-state index is 0.785. The summed E-state index contributed by atoms with van der Waals surface area (Å²) in [6, 6.07) is 37.0. The van der Waals surface area contributed by atoms with Crippen LogP contribution in [-0.4, -0.2) is 29.1 Å². The van der Waals surface area contributed by atoms with E-state index in [1.165, 1.54) is 0 Å². The largest absolute Gasteiger partial charge is 0.290 e. The molecule has 0 unspecified atom stereocenters. The lowest BCUT2D eigenvalue weighted by Gasteiger charge is -2.15. The smallest absolute Gasteiger partial charge is 0.138 e. The van der Waals surface area contributed by atoms with Gasteiger partial charge in [-0.2, -0.15) is 0 Å². The maximum Gasteiger partial charge on any atom is 0.138 e. The van der Waals surface area contributed by atoms with E-state index in [1.807, 2.05) is 85.5 Å². The van der Waals surface area contributed by atoms with Crippen LogP contribution in [0.25, 0.3) is 89.9 Å². The molecule has 0 aliphatic carbocycles. The summed E-state index contributed by atoms with van der Waals surface area (Å²) >= 11 is 0. The van der Waals surface area contributed by atoms with Crippen molar-refractivity contribution in [3.8, 4) is 34.2 Å². The molecule has 0 aliphatic heterocycles. The second kappa shape index (κ2) is 11.0. The fraction of sp³-hybridized carbons (Fsp3) is 0. The molecule has 6 aromatic heterocycles. The molecule has 9 rings (SSSR count). The van der Waals surface area contributed by atoms with Gasteiger partial charge in [0.05, 0.1) is 45.8 Å². The monoisotopic (exact) mass is 616 g/mol. The Morgan fingerprint density at radius 3 is 1.33 bits per heavy atom. The van der Waals surface area contributed by atoms with Gasteiger partial charge >= 0.3 is 0 Å². The van der Waals surface area contributed by atoms with Crippen LogP contribution in [0.5, 0.6) is 0 Å². The van der Waals surface area contributed by atoms with Crippen molar-refractivity contribution in [1.29, 1.82) is 0 Å². The van der Waals surface area contributed by atoms with E-state index < -0.39 is 0 Å². The minimum Gasteiger partial charge on any atom is -0.290 e. The third-order valence-corrected chi connectivity index (χ3v) is 9.07. The van der Waals surface area contributed by atoms with Gasteiger partial charge in [-0.1, -0.05) is 98.1 Å². The first-order valence-electron chi connectivity index (χ1n) is 15.8. The number of benzene rings is 3. The van der Waals surface area contributed by atoms with Crippen LogP contribution >= 0.6 is 0 Å². The van der Waals surface area contributed by atoms with E-state index in [1.54, 1.807) is 0 Å². The molecule has 0 fully saturated rings. The molecule has 6 heterocycles. The Balaban J connectivity index is 1.50. The van der Waals surface area contributed by atoms with Gasteiger partial charge < -0.3 is 0 Å². The van der Waals surface area contributed by atoms with E-state index in [9.17, 15) is 0 Å². The summed E-state index contributed by atoms with van der Waals surface area (Å²) in [7, 11) is 0. The number of pyridine rings is 4. The Hall–Kier alpha value is -6.66.